The number of ether oxygens (including phenoxy) is 1. The molecule has 0 radical (unpaired) electrons. The smallest absolute Gasteiger partial charge is 0.275 e. The largest absolute Gasteiger partial charge is 0.383 e. The fourth-order valence-electron chi connectivity index (χ4n) is 3.37. The molecule has 3 rings (SSSR count). The number of methoxy groups -OCH3 is 1. The number of amides is 2. The second-order valence-corrected chi connectivity index (χ2v) is 6.80. The molecule has 0 spiro atoms. The van der Waals surface area contributed by atoms with Crippen molar-refractivity contribution in [2.45, 2.75) is 19.9 Å². The minimum absolute atomic E-state index is 0.0707. The number of fused-ring (bicyclic) bond motifs is 1. The summed E-state index contributed by atoms with van der Waals surface area (Å²) in [5, 5.41) is 8.40. The van der Waals surface area contributed by atoms with Crippen LogP contribution in [0.3, 0.4) is 0 Å². The maximum Gasteiger partial charge on any atom is 0.275 e. The number of likely N-dealkylation sites (tertiary alicyclic amines) is 1. The number of carbonyl (C=O) groups excluding carboxylic acids is 2. The van der Waals surface area contributed by atoms with Crippen molar-refractivity contribution in [1.82, 2.24) is 20.0 Å². The van der Waals surface area contributed by atoms with Crippen molar-refractivity contribution >= 4 is 22.6 Å². The van der Waals surface area contributed by atoms with E-state index in [2.05, 4.69) is 10.4 Å². The number of aryl methyl sites for hydroxylation is 1. The van der Waals surface area contributed by atoms with E-state index >= 15 is 0 Å². The maximum atomic E-state index is 12.5. The van der Waals surface area contributed by atoms with Gasteiger partial charge in [-0.3, -0.25) is 14.4 Å². The van der Waals surface area contributed by atoms with Gasteiger partial charge in [0.2, 0.25) is 11.8 Å². The van der Waals surface area contributed by atoms with Crippen molar-refractivity contribution in [3.05, 3.63) is 40.3 Å². The predicted molar refractivity (Wildman–Crippen MR) is 100 cm³/mol. The average Bonchev–Trinajstić information content (AvgIpc) is 3.02. The molecule has 1 atom stereocenters. The van der Waals surface area contributed by atoms with Crippen molar-refractivity contribution in [3.63, 3.8) is 0 Å². The molecule has 8 heteroatoms. The molecule has 1 N–H and O–H groups in total. The zero-order valence-electron chi connectivity index (χ0n) is 15.6. The Balaban J connectivity index is 1.59. The molecule has 1 aromatic heterocycles. The Morgan fingerprint density at radius 2 is 2.04 bits per heavy atom. The average molecular weight is 372 g/mol. The SMILES string of the molecule is COCCN1C[C@H](CNC(=O)Cn2nc(C)c3ccccc3c2=O)CC1=O. The van der Waals surface area contributed by atoms with Gasteiger partial charge in [-0.1, -0.05) is 18.2 Å². The summed E-state index contributed by atoms with van der Waals surface area (Å²) in [6.07, 6.45) is 0.414. The summed E-state index contributed by atoms with van der Waals surface area (Å²) < 4.78 is 6.19. The summed E-state index contributed by atoms with van der Waals surface area (Å²) in [6, 6.07) is 7.22. The summed E-state index contributed by atoms with van der Waals surface area (Å²) in [5.74, 6) is -0.141. The monoisotopic (exact) mass is 372 g/mol. The standard InChI is InChI=1S/C19H24N4O4/c1-13-15-5-3-4-6-16(15)19(26)23(21-13)12-17(24)20-10-14-9-18(25)22(11-14)7-8-27-2/h3-6,14H,7-12H2,1-2H3,(H,20,24)/t14-/m0/s1. The second-order valence-electron chi connectivity index (χ2n) is 6.80. The molecule has 0 bridgehead atoms. The van der Waals surface area contributed by atoms with E-state index in [1.165, 1.54) is 4.68 Å². The van der Waals surface area contributed by atoms with E-state index in [9.17, 15) is 14.4 Å². The topological polar surface area (TPSA) is 93.5 Å². The Hall–Kier alpha value is -2.74. The molecule has 0 unspecified atom stereocenters. The molecule has 1 aliphatic heterocycles. The van der Waals surface area contributed by atoms with Crippen LogP contribution in [-0.4, -0.2) is 59.8 Å². The molecule has 2 aromatic rings. The molecule has 1 aliphatic rings. The normalized spacial score (nSPS) is 16.9. The van der Waals surface area contributed by atoms with E-state index in [4.69, 9.17) is 4.74 Å². The van der Waals surface area contributed by atoms with E-state index in [0.717, 1.165) is 5.39 Å². The molecule has 0 saturated carbocycles. The molecule has 1 fully saturated rings. The molecule has 2 amide bonds. The van der Waals surface area contributed by atoms with Crippen LogP contribution < -0.4 is 10.9 Å². The van der Waals surface area contributed by atoms with Gasteiger partial charge in [-0.15, -0.1) is 0 Å². The first-order chi connectivity index (χ1) is 13.0. The van der Waals surface area contributed by atoms with Gasteiger partial charge in [0, 0.05) is 44.5 Å². The molecule has 144 valence electrons. The van der Waals surface area contributed by atoms with Crippen LogP contribution in [0.1, 0.15) is 12.1 Å². The van der Waals surface area contributed by atoms with Crippen molar-refractivity contribution in [1.29, 1.82) is 0 Å². The molecule has 1 saturated heterocycles. The molecule has 27 heavy (non-hydrogen) atoms. The number of benzene rings is 1. The highest BCUT2D eigenvalue weighted by Crippen LogP contribution is 2.16. The maximum absolute atomic E-state index is 12.5. The second kappa shape index (κ2) is 8.30. The van der Waals surface area contributed by atoms with Gasteiger partial charge in [0.25, 0.3) is 5.56 Å². The van der Waals surface area contributed by atoms with Gasteiger partial charge in [0.05, 0.1) is 17.7 Å². The van der Waals surface area contributed by atoms with E-state index in [1.807, 2.05) is 19.1 Å². The number of carbonyl (C=O) groups is 2. The highest BCUT2D eigenvalue weighted by atomic mass is 16.5. The van der Waals surface area contributed by atoms with E-state index in [-0.39, 0.29) is 29.8 Å². The number of hydrogen-bond acceptors (Lipinski definition) is 5. The summed E-state index contributed by atoms with van der Waals surface area (Å²) in [6.45, 7) is 3.74. The van der Waals surface area contributed by atoms with Crippen LogP contribution in [-0.2, 0) is 20.9 Å². The third kappa shape index (κ3) is 4.33. The third-order valence-corrected chi connectivity index (χ3v) is 4.79. The highest BCUT2D eigenvalue weighted by Gasteiger charge is 2.29. The lowest BCUT2D eigenvalue weighted by Gasteiger charge is -2.16. The lowest BCUT2D eigenvalue weighted by molar-refractivity contribution is -0.128. The van der Waals surface area contributed by atoms with Gasteiger partial charge >= 0.3 is 0 Å². The van der Waals surface area contributed by atoms with Crippen molar-refractivity contribution in [3.8, 4) is 0 Å². The van der Waals surface area contributed by atoms with Gasteiger partial charge in [-0.05, 0) is 13.0 Å². The summed E-state index contributed by atoms with van der Waals surface area (Å²) in [7, 11) is 1.60. The number of nitrogens with one attached hydrogen (secondary N) is 1. The predicted octanol–water partition coefficient (Wildman–Crippen LogP) is 0.316. The number of nitrogens with zero attached hydrogens (tertiary/aromatic N) is 3. The van der Waals surface area contributed by atoms with Gasteiger partial charge < -0.3 is 15.0 Å². The fourth-order valence-corrected chi connectivity index (χ4v) is 3.37. The number of aromatic nitrogens is 2. The number of rotatable bonds is 7. The first kappa shape index (κ1) is 19.0. The minimum atomic E-state index is -0.290. The van der Waals surface area contributed by atoms with Gasteiger partial charge in [-0.25, -0.2) is 4.68 Å². The van der Waals surface area contributed by atoms with Crippen molar-refractivity contribution in [2.24, 2.45) is 5.92 Å². The Morgan fingerprint density at radius 1 is 1.30 bits per heavy atom. The molecule has 2 heterocycles. The Bertz CT molecular complexity index is 908. The van der Waals surface area contributed by atoms with E-state index in [1.54, 1.807) is 24.1 Å². The molecule has 1 aromatic carbocycles. The minimum Gasteiger partial charge on any atom is -0.383 e. The molecular weight excluding hydrogens is 348 g/mol. The lowest BCUT2D eigenvalue weighted by atomic mass is 10.1. The van der Waals surface area contributed by atoms with Crippen LogP contribution in [0.25, 0.3) is 10.8 Å². The van der Waals surface area contributed by atoms with Crippen LogP contribution >= 0.6 is 0 Å². The quantitative estimate of drug-likeness (QED) is 0.755. The summed E-state index contributed by atoms with van der Waals surface area (Å²) in [4.78, 5) is 38.5. The highest BCUT2D eigenvalue weighted by molar-refractivity contribution is 5.84. The van der Waals surface area contributed by atoms with Crippen LogP contribution in [0, 0.1) is 12.8 Å². The Morgan fingerprint density at radius 3 is 2.78 bits per heavy atom. The molecule has 8 nitrogen and oxygen atoms in total. The molecular formula is C19H24N4O4. The van der Waals surface area contributed by atoms with E-state index in [0.29, 0.717) is 43.7 Å². The van der Waals surface area contributed by atoms with Crippen LogP contribution in [0.5, 0.6) is 0 Å². The zero-order valence-corrected chi connectivity index (χ0v) is 15.6. The molecule has 0 aliphatic carbocycles. The Labute approximate surface area is 157 Å². The van der Waals surface area contributed by atoms with Crippen LogP contribution in [0.4, 0.5) is 0 Å². The first-order valence-corrected chi connectivity index (χ1v) is 8.99. The summed E-state index contributed by atoms with van der Waals surface area (Å²) in [5.41, 5.74) is 0.418. The van der Waals surface area contributed by atoms with Crippen molar-refractivity contribution in [2.75, 3.05) is 33.4 Å². The fraction of sp³-hybridized carbons (Fsp3) is 0.474. The van der Waals surface area contributed by atoms with Crippen LogP contribution in [0.15, 0.2) is 29.1 Å². The van der Waals surface area contributed by atoms with E-state index < -0.39 is 0 Å². The zero-order chi connectivity index (χ0) is 19.4. The summed E-state index contributed by atoms with van der Waals surface area (Å²) >= 11 is 0. The van der Waals surface area contributed by atoms with Crippen LogP contribution in [0.2, 0.25) is 0 Å². The lowest BCUT2D eigenvalue weighted by Crippen LogP contribution is -2.37. The first-order valence-electron chi connectivity index (χ1n) is 8.99. The Kier molecular flexibility index (Phi) is 5.85. The third-order valence-electron chi connectivity index (χ3n) is 4.79. The number of hydrogen-bond donors (Lipinski definition) is 1. The van der Waals surface area contributed by atoms with Gasteiger partial charge in [0.15, 0.2) is 0 Å². The van der Waals surface area contributed by atoms with Gasteiger partial charge in [-0.2, -0.15) is 5.10 Å². The van der Waals surface area contributed by atoms with Crippen molar-refractivity contribution < 1.29 is 14.3 Å². The van der Waals surface area contributed by atoms with Gasteiger partial charge in [0.1, 0.15) is 6.54 Å².